The number of aliphatic hydroxyl groups is 1. The summed E-state index contributed by atoms with van der Waals surface area (Å²) in [6.45, 7) is 2.44. The number of rotatable bonds is 5. The summed E-state index contributed by atoms with van der Waals surface area (Å²) in [6.07, 6.45) is 1.84. The fourth-order valence-electron chi connectivity index (χ4n) is 2.56. The molecule has 0 aliphatic carbocycles. The summed E-state index contributed by atoms with van der Waals surface area (Å²) in [6, 6.07) is 5.84. The van der Waals surface area contributed by atoms with Gasteiger partial charge in [0.2, 0.25) is 0 Å². The highest BCUT2D eigenvalue weighted by atomic mass is 79.9. The largest absolute Gasteiger partial charge is 0.395 e. The average molecular weight is 365 g/mol. The fraction of sp³-hybridized carbons (Fsp3) is 0.333. The Labute approximate surface area is 136 Å². The minimum atomic E-state index is -0.179. The standard InChI is InChI=1S/C15H17BrN4O2/c16-10-1-2-11-12(15(22)19-5-6-21)8-20(13(11)7-10)9-14-17-3-4-18-14/h1-2,7-8,21H,3-6,9H2,(H,17,18)(H,19,22). The topological polar surface area (TPSA) is 78.7 Å². The molecule has 116 valence electrons. The van der Waals surface area contributed by atoms with E-state index in [2.05, 4.69) is 31.6 Å². The maximum atomic E-state index is 12.3. The van der Waals surface area contributed by atoms with Crippen LogP contribution in [0.5, 0.6) is 0 Å². The molecule has 1 amide bonds. The molecular formula is C15H17BrN4O2. The zero-order valence-corrected chi connectivity index (χ0v) is 13.6. The Kier molecular flexibility index (Phi) is 4.44. The Morgan fingerprint density at radius 1 is 1.50 bits per heavy atom. The lowest BCUT2D eigenvalue weighted by Crippen LogP contribution is -2.26. The van der Waals surface area contributed by atoms with Crippen molar-refractivity contribution in [2.24, 2.45) is 4.99 Å². The van der Waals surface area contributed by atoms with E-state index in [1.807, 2.05) is 29.0 Å². The smallest absolute Gasteiger partial charge is 0.253 e. The van der Waals surface area contributed by atoms with Crippen LogP contribution in [-0.2, 0) is 6.54 Å². The zero-order valence-electron chi connectivity index (χ0n) is 12.0. The van der Waals surface area contributed by atoms with Gasteiger partial charge in [-0.1, -0.05) is 22.0 Å². The highest BCUT2D eigenvalue weighted by molar-refractivity contribution is 9.10. The molecule has 1 aliphatic rings. The molecule has 3 N–H and O–H groups in total. The van der Waals surface area contributed by atoms with E-state index in [0.29, 0.717) is 12.1 Å². The van der Waals surface area contributed by atoms with Crippen molar-refractivity contribution in [3.8, 4) is 0 Å². The number of aliphatic hydroxyl groups excluding tert-OH is 1. The van der Waals surface area contributed by atoms with Gasteiger partial charge in [0.15, 0.2) is 0 Å². The molecule has 0 atom stereocenters. The lowest BCUT2D eigenvalue weighted by molar-refractivity contribution is 0.0946. The van der Waals surface area contributed by atoms with Crippen LogP contribution in [0.2, 0.25) is 0 Å². The molecule has 0 saturated carbocycles. The Morgan fingerprint density at radius 3 is 3.09 bits per heavy atom. The van der Waals surface area contributed by atoms with Crippen molar-refractivity contribution in [2.45, 2.75) is 6.54 Å². The quantitative estimate of drug-likeness (QED) is 0.743. The van der Waals surface area contributed by atoms with Gasteiger partial charge < -0.3 is 20.3 Å². The number of carbonyl (C=O) groups excluding carboxylic acids is 1. The van der Waals surface area contributed by atoms with Crippen LogP contribution in [0.4, 0.5) is 0 Å². The summed E-state index contributed by atoms with van der Waals surface area (Å²) >= 11 is 3.47. The minimum Gasteiger partial charge on any atom is -0.395 e. The molecule has 2 aromatic rings. The first-order chi connectivity index (χ1) is 10.7. The van der Waals surface area contributed by atoms with E-state index < -0.39 is 0 Å². The molecule has 22 heavy (non-hydrogen) atoms. The van der Waals surface area contributed by atoms with E-state index >= 15 is 0 Å². The summed E-state index contributed by atoms with van der Waals surface area (Å²) in [5.41, 5.74) is 1.58. The number of amidine groups is 1. The van der Waals surface area contributed by atoms with Gasteiger partial charge in [-0.05, 0) is 12.1 Å². The van der Waals surface area contributed by atoms with Crippen molar-refractivity contribution in [2.75, 3.05) is 26.2 Å². The molecular weight excluding hydrogens is 348 g/mol. The van der Waals surface area contributed by atoms with Crippen LogP contribution in [0.15, 0.2) is 33.9 Å². The van der Waals surface area contributed by atoms with Crippen LogP contribution in [0.25, 0.3) is 10.9 Å². The maximum Gasteiger partial charge on any atom is 0.253 e. The van der Waals surface area contributed by atoms with Crippen LogP contribution in [0.1, 0.15) is 10.4 Å². The van der Waals surface area contributed by atoms with E-state index in [9.17, 15) is 4.79 Å². The SMILES string of the molecule is O=C(NCCO)c1cn(CC2=NCCN2)c2cc(Br)ccc12. The molecule has 0 saturated heterocycles. The van der Waals surface area contributed by atoms with Crippen LogP contribution < -0.4 is 10.6 Å². The molecule has 2 heterocycles. The van der Waals surface area contributed by atoms with Gasteiger partial charge in [-0.3, -0.25) is 9.79 Å². The number of aromatic nitrogens is 1. The Bertz CT molecular complexity index is 738. The maximum absolute atomic E-state index is 12.3. The zero-order chi connectivity index (χ0) is 15.5. The molecule has 7 heteroatoms. The van der Waals surface area contributed by atoms with Crippen molar-refractivity contribution in [1.82, 2.24) is 15.2 Å². The number of fused-ring (bicyclic) bond motifs is 1. The lowest BCUT2D eigenvalue weighted by Gasteiger charge is -2.06. The first-order valence-electron chi connectivity index (χ1n) is 7.13. The number of nitrogens with zero attached hydrogens (tertiary/aromatic N) is 2. The van der Waals surface area contributed by atoms with Crippen LogP contribution >= 0.6 is 15.9 Å². The fourth-order valence-corrected chi connectivity index (χ4v) is 2.90. The lowest BCUT2D eigenvalue weighted by atomic mass is 10.1. The number of amides is 1. The number of hydrogen-bond donors (Lipinski definition) is 3. The molecule has 1 aliphatic heterocycles. The monoisotopic (exact) mass is 364 g/mol. The molecule has 0 spiro atoms. The third-order valence-corrected chi connectivity index (χ3v) is 4.04. The van der Waals surface area contributed by atoms with Crippen LogP contribution in [-0.4, -0.2) is 47.7 Å². The van der Waals surface area contributed by atoms with Crippen molar-refractivity contribution < 1.29 is 9.90 Å². The summed E-state index contributed by atoms with van der Waals surface area (Å²) in [5, 5.41) is 15.7. The Balaban J connectivity index is 1.99. The van der Waals surface area contributed by atoms with Gasteiger partial charge in [0.25, 0.3) is 5.91 Å². The van der Waals surface area contributed by atoms with E-state index in [0.717, 1.165) is 34.3 Å². The highest BCUT2D eigenvalue weighted by Gasteiger charge is 2.16. The van der Waals surface area contributed by atoms with Gasteiger partial charge in [-0.2, -0.15) is 0 Å². The second kappa shape index (κ2) is 6.50. The van der Waals surface area contributed by atoms with Gasteiger partial charge >= 0.3 is 0 Å². The summed E-state index contributed by atoms with van der Waals surface area (Å²) < 4.78 is 2.98. The van der Waals surface area contributed by atoms with Crippen molar-refractivity contribution in [1.29, 1.82) is 0 Å². The number of aliphatic imine (C=N–C) groups is 1. The van der Waals surface area contributed by atoms with Crippen LogP contribution in [0, 0.1) is 0 Å². The molecule has 1 aromatic carbocycles. The molecule has 0 fully saturated rings. The molecule has 1 aromatic heterocycles. The van der Waals surface area contributed by atoms with E-state index in [1.165, 1.54) is 0 Å². The summed E-state index contributed by atoms with van der Waals surface area (Å²) in [4.78, 5) is 16.7. The van der Waals surface area contributed by atoms with Gasteiger partial charge in [-0.15, -0.1) is 0 Å². The number of benzene rings is 1. The van der Waals surface area contributed by atoms with Crippen molar-refractivity contribution in [3.05, 3.63) is 34.4 Å². The van der Waals surface area contributed by atoms with Crippen LogP contribution in [0.3, 0.4) is 0 Å². The molecule has 3 rings (SSSR count). The highest BCUT2D eigenvalue weighted by Crippen LogP contribution is 2.25. The minimum absolute atomic E-state index is 0.0728. The molecule has 6 nitrogen and oxygen atoms in total. The number of halogens is 1. The number of hydrogen-bond acceptors (Lipinski definition) is 4. The van der Waals surface area contributed by atoms with E-state index in [-0.39, 0.29) is 19.1 Å². The van der Waals surface area contributed by atoms with Gasteiger partial charge in [0.1, 0.15) is 5.84 Å². The molecule has 0 unspecified atom stereocenters. The number of nitrogens with one attached hydrogen (secondary N) is 2. The normalized spacial score (nSPS) is 14.0. The first kappa shape index (κ1) is 15.1. The Hall–Kier alpha value is -1.86. The predicted molar refractivity (Wildman–Crippen MR) is 89.4 cm³/mol. The first-order valence-corrected chi connectivity index (χ1v) is 7.93. The van der Waals surface area contributed by atoms with E-state index in [4.69, 9.17) is 5.11 Å². The predicted octanol–water partition coefficient (Wildman–Crippen LogP) is 1.13. The number of carbonyl (C=O) groups is 1. The second-order valence-corrected chi connectivity index (χ2v) is 5.98. The van der Waals surface area contributed by atoms with Gasteiger partial charge in [0.05, 0.1) is 30.8 Å². The van der Waals surface area contributed by atoms with Gasteiger partial charge in [-0.25, -0.2) is 0 Å². The molecule has 0 radical (unpaired) electrons. The summed E-state index contributed by atoms with van der Waals surface area (Å²) in [7, 11) is 0. The third kappa shape index (κ3) is 3.00. The summed E-state index contributed by atoms with van der Waals surface area (Å²) in [5.74, 6) is 0.751. The molecule has 0 bridgehead atoms. The Morgan fingerprint density at radius 2 is 2.36 bits per heavy atom. The average Bonchev–Trinajstić information content (AvgIpc) is 3.13. The van der Waals surface area contributed by atoms with Crippen molar-refractivity contribution in [3.63, 3.8) is 0 Å². The van der Waals surface area contributed by atoms with Crippen molar-refractivity contribution >= 4 is 38.6 Å². The second-order valence-electron chi connectivity index (χ2n) is 5.07. The third-order valence-electron chi connectivity index (χ3n) is 3.55. The van der Waals surface area contributed by atoms with Gasteiger partial charge in [0, 0.05) is 29.1 Å². The van der Waals surface area contributed by atoms with E-state index in [1.54, 1.807) is 0 Å².